The van der Waals surface area contributed by atoms with Gasteiger partial charge in [0.25, 0.3) is 0 Å². The fourth-order valence-corrected chi connectivity index (χ4v) is 3.22. The lowest BCUT2D eigenvalue weighted by atomic mass is 10.0. The molecule has 94 valence electrons. The van der Waals surface area contributed by atoms with E-state index in [1.807, 2.05) is 6.07 Å². The van der Waals surface area contributed by atoms with Crippen molar-refractivity contribution in [3.8, 4) is 0 Å². The summed E-state index contributed by atoms with van der Waals surface area (Å²) in [6, 6.07) is 6.44. The molecule has 0 bridgehead atoms. The molecule has 2 aromatic rings. The molecular weight excluding hydrogens is 387 g/mol. The minimum atomic E-state index is -0.256. The zero-order valence-electron chi connectivity index (χ0n) is 9.21. The van der Waals surface area contributed by atoms with Crippen molar-refractivity contribution >= 4 is 45.8 Å². The zero-order chi connectivity index (χ0) is 13.1. The van der Waals surface area contributed by atoms with Crippen LogP contribution in [0.2, 0.25) is 5.02 Å². The summed E-state index contributed by atoms with van der Waals surface area (Å²) in [5, 5.41) is 0.359. The Morgan fingerprint density at radius 1 is 1.33 bits per heavy atom. The van der Waals surface area contributed by atoms with Crippen molar-refractivity contribution < 1.29 is 4.39 Å². The molecular formula is C13H9Cl2FIN. The lowest BCUT2D eigenvalue weighted by Gasteiger charge is -2.12. The summed E-state index contributed by atoms with van der Waals surface area (Å²) in [6.45, 7) is 0. The van der Waals surface area contributed by atoms with Gasteiger partial charge in [-0.3, -0.25) is 4.98 Å². The molecule has 0 aliphatic rings. The molecule has 0 spiro atoms. The molecule has 18 heavy (non-hydrogen) atoms. The maximum absolute atomic E-state index is 13.0. The molecule has 1 heterocycles. The fraction of sp³-hybridized carbons (Fsp3) is 0.154. The molecule has 1 aromatic heterocycles. The fourth-order valence-electron chi connectivity index (χ4n) is 1.63. The standard InChI is InChI=1S/C13H9Cl2FIN/c14-11(5-8-3-4-18-7-12(8)15)10-2-1-9(16)6-13(10)17/h1-4,6-7,11H,5H2. The SMILES string of the molecule is Fc1ccc(C(Cl)Cc2ccncc2Cl)c(I)c1. The van der Waals surface area contributed by atoms with Crippen LogP contribution >= 0.6 is 45.8 Å². The van der Waals surface area contributed by atoms with Gasteiger partial charge in [0.15, 0.2) is 0 Å². The van der Waals surface area contributed by atoms with E-state index in [9.17, 15) is 4.39 Å². The first-order valence-corrected chi connectivity index (χ1v) is 7.14. The average Bonchev–Trinajstić information content (AvgIpc) is 2.32. The summed E-state index contributed by atoms with van der Waals surface area (Å²) in [6.07, 6.45) is 3.86. The van der Waals surface area contributed by atoms with E-state index in [4.69, 9.17) is 23.2 Å². The van der Waals surface area contributed by atoms with E-state index in [1.165, 1.54) is 12.1 Å². The monoisotopic (exact) mass is 395 g/mol. The maximum atomic E-state index is 13.0. The highest BCUT2D eigenvalue weighted by atomic mass is 127. The van der Waals surface area contributed by atoms with Crippen LogP contribution in [0.15, 0.2) is 36.7 Å². The summed E-state index contributed by atoms with van der Waals surface area (Å²) in [5.74, 6) is -0.256. The predicted octanol–water partition coefficient (Wildman–Crippen LogP) is 5.00. The molecule has 0 radical (unpaired) electrons. The first kappa shape index (κ1) is 14.0. The van der Waals surface area contributed by atoms with E-state index >= 15 is 0 Å². The molecule has 1 atom stereocenters. The Bertz CT molecular complexity index is 562. The molecule has 0 aliphatic carbocycles. The first-order chi connectivity index (χ1) is 8.58. The molecule has 2 rings (SSSR count). The number of alkyl halides is 1. The Morgan fingerprint density at radius 3 is 2.78 bits per heavy atom. The van der Waals surface area contributed by atoms with E-state index in [2.05, 4.69) is 27.6 Å². The van der Waals surface area contributed by atoms with Crippen LogP contribution in [-0.2, 0) is 6.42 Å². The molecule has 0 amide bonds. The quantitative estimate of drug-likeness (QED) is 0.526. The van der Waals surface area contributed by atoms with Gasteiger partial charge in [0.2, 0.25) is 0 Å². The number of hydrogen-bond acceptors (Lipinski definition) is 1. The van der Waals surface area contributed by atoms with Gasteiger partial charge in [-0.05, 0) is 58.3 Å². The molecule has 0 aliphatic heterocycles. The first-order valence-electron chi connectivity index (χ1n) is 5.25. The van der Waals surface area contributed by atoms with Crippen LogP contribution in [0.25, 0.3) is 0 Å². The van der Waals surface area contributed by atoms with Gasteiger partial charge in [-0.2, -0.15) is 0 Å². The van der Waals surface area contributed by atoms with Crippen molar-refractivity contribution in [2.75, 3.05) is 0 Å². The third-order valence-corrected chi connectivity index (χ3v) is 4.22. The molecule has 1 nitrogen and oxygen atoms in total. The van der Waals surface area contributed by atoms with E-state index < -0.39 is 0 Å². The van der Waals surface area contributed by atoms with Crippen molar-refractivity contribution in [1.82, 2.24) is 4.98 Å². The number of hydrogen-bond donors (Lipinski definition) is 0. The zero-order valence-corrected chi connectivity index (χ0v) is 12.9. The van der Waals surface area contributed by atoms with Crippen molar-refractivity contribution in [2.24, 2.45) is 0 Å². The molecule has 0 saturated heterocycles. The molecule has 0 N–H and O–H groups in total. The van der Waals surface area contributed by atoms with Gasteiger partial charge in [0.05, 0.1) is 10.4 Å². The van der Waals surface area contributed by atoms with Gasteiger partial charge in [0, 0.05) is 16.0 Å². The molecule has 0 saturated carbocycles. The van der Waals surface area contributed by atoms with E-state index in [1.54, 1.807) is 18.5 Å². The maximum Gasteiger partial charge on any atom is 0.124 e. The van der Waals surface area contributed by atoms with Crippen molar-refractivity contribution in [1.29, 1.82) is 0 Å². The molecule has 5 heteroatoms. The lowest BCUT2D eigenvalue weighted by molar-refractivity contribution is 0.625. The minimum absolute atomic E-state index is 0.239. The number of halogens is 4. The highest BCUT2D eigenvalue weighted by Crippen LogP contribution is 2.31. The third-order valence-electron chi connectivity index (χ3n) is 2.56. The Morgan fingerprint density at radius 2 is 2.11 bits per heavy atom. The number of rotatable bonds is 3. The van der Waals surface area contributed by atoms with Gasteiger partial charge in [-0.1, -0.05) is 17.7 Å². The van der Waals surface area contributed by atoms with Gasteiger partial charge >= 0.3 is 0 Å². The Hall–Kier alpha value is -0.390. The highest BCUT2D eigenvalue weighted by Gasteiger charge is 2.14. The topological polar surface area (TPSA) is 12.9 Å². The lowest BCUT2D eigenvalue weighted by Crippen LogP contribution is -2.00. The van der Waals surface area contributed by atoms with Crippen LogP contribution in [0.5, 0.6) is 0 Å². The Kier molecular flexibility index (Phi) is 4.81. The van der Waals surface area contributed by atoms with Crippen LogP contribution in [-0.4, -0.2) is 4.98 Å². The summed E-state index contributed by atoms with van der Waals surface area (Å²) >= 11 is 14.5. The van der Waals surface area contributed by atoms with Crippen LogP contribution in [0, 0.1) is 9.39 Å². The summed E-state index contributed by atoms with van der Waals surface area (Å²) in [5.41, 5.74) is 1.85. The van der Waals surface area contributed by atoms with Crippen LogP contribution in [0.1, 0.15) is 16.5 Å². The second kappa shape index (κ2) is 6.17. The van der Waals surface area contributed by atoms with Gasteiger partial charge < -0.3 is 0 Å². The van der Waals surface area contributed by atoms with Crippen molar-refractivity contribution in [2.45, 2.75) is 11.8 Å². The largest absolute Gasteiger partial charge is 0.263 e. The Balaban J connectivity index is 2.22. The number of pyridine rings is 1. The summed E-state index contributed by atoms with van der Waals surface area (Å²) in [4.78, 5) is 3.93. The highest BCUT2D eigenvalue weighted by molar-refractivity contribution is 14.1. The van der Waals surface area contributed by atoms with E-state index in [0.29, 0.717) is 11.4 Å². The minimum Gasteiger partial charge on any atom is -0.263 e. The van der Waals surface area contributed by atoms with Crippen LogP contribution in [0.4, 0.5) is 4.39 Å². The van der Waals surface area contributed by atoms with Crippen molar-refractivity contribution in [3.63, 3.8) is 0 Å². The van der Waals surface area contributed by atoms with Gasteiger partial charge in [0.1, 0.15) is 5.82 Å². The summed E-state index contributed by atoms with van der Waals surface area (Å²) < 4.78 is 13.8. The predicted molar refractivity (Wildman–Crippen MR) is 80.7 cm³/mol. The second-order valence-electron chi connectivity index (χ2n) is 3.80. The second-order valence-corrected chi connectivity index (χ2v) is 5.90. The number of benzene rings is 1. The van der Waals surface area contributed by atoms with Crippen LogP contribution < -0.4 is 0 Å². The molecule has 1 aromatic carbocycles. The Labute approximate surface area is 128 Å². The summed E-state index contributed by atoms with van der Waals surface area (Å²) in [7, 11) is 0. The molecule has 1 unspecified atom stereocenters. The third kappa shape index (κ3) is 3.33. The number of nitrogens with zero attached hydrogens (tertiary/aromatic N) is 1. The smallest absolute Gasteiger partial charge is 0.124 e. The van der Waals surface area contributed by atoms with E-state index in [-0.39, 0.29) is 11.2 Å². The van der Waals surface area contributed by atoms with Crippen LogP contribution in [0.3, 0.4) is 0 Å². The number of aromatic nitrogens is 1. The average molecular weight is 396 g/mol. The van der Waals surface area contributed by atoms with E-state index in [0.717, 1.165) is 14.7 Å². The van der Waals surface area contributed by atoms with Gasteiger partial charge in [-0.25, -0.2) is 4.39 Å². The molecule has 0 fully saturated rings. The normalized spacial score (nSPS) is 12.4. The van der Waals surface area contributed by atoms with Gasteiger partial charge in [-0.15, -0.1) is 11.6 Å². The van der Waals surface area contributed by atoms with Crippen molar-refractivity contribution in [3.05, 3.63) is 62.2 Å².